The van der Waals surface area contributed by atoms with Crippen LogP contribution in [0, 0.1) is 0 Å². The van der Waals surface area contributed by atoms with Gasteiger partial charge in [-0.3, -0.25) is 0 Å². The standard InChI is InChI=1S/C13H21NOS/c15-9-2-4-13-3-1-7-14(13)8-5-12-6-10-16-11-12/h6,10-11,13,15H,1-5,7-9H2. The van der Waals surface area contributed by atoms with Crippen LogP contribution in [0.5, 0.6) is 0 Å². The zero-order chi connectivity index (χ0) is 11.2. The molecule has 0 aromatic carbocycles. The quantitative estimate of drug-likeness (QED) is 0.824. The molecule has 0 radical (unpaired) electrons. The number of hydrogen-bond donors (Lipinski definition) is 1. The molecule has 90 valence electrons. The molecule has 0 aliphatic carbocycles. The van der Waals surface area contributed by atoms with E-state index in [4.69, 9.17) is 5.11 Å². The number of aliphatic hydroxyl groups is 1. The summed E-state index contributed by atoms with van der Waals surface area (Å²) in [6.07, 6.45) is 5.96. The van der Waals surface area contributed by atoms with Crippen molar-refractivity contribution in [3.05, 3.63) is 22.4 Å². The van der Waals surface area contributed by atoms with Gasteiger partial charge in [0.15, 0.2) is 0 Å². The maximum Gasteiger partial charge on any atom is 0.0431 e. The highest BCUT2D eigenvalue weighted by Crippen LogP contribution is 2.21. The molecular formula is C13H21NOS. The van der Waals surface area contributed by atoms with Gasteiger partial charge in [-0.15, -0.1) is 0 Å². The van der Waals surface area contributed by atoms with Gasteiger partial charge >= 0.3 is 0 Å². The fourth-order valence-corrected chi connectivity index (χ4v) is 3.25. The average Bonchev–Trinajstić information content (AvgIpc) is 2.94. The zero-order valence-electron chi connectivity index (χ0n) is 9.77. The normalized spacial score (nSPS) is 21.7. The SMILES string of the molecule is OCCCC1CCCN1CCc1ccsc1. The third-order valence-electron chi connectivity index (χ3n) is 3.46. The number of nitrogens with zero attached hydrogens (tertiary/aromatic N) is 1. The number of likely N-dealkylation sites (tertiary alicyclic amines) is 1. The highest BCUT2D eigenvalue weighted by Gasteiger charge is 2.23. The molecule has 2 heterocycles. The number of rotatable bonds is 6. The smallest absolute Gasteiger partial charge is 0.0431 e. The van der Waals surface area contributed by atoms with Crippen LogP contribution in [0.15, 0.2) is 16.8 Å². The summed E-state index contributed by atoms with van der Waals surface area (Å²) >= 11 is 1.79. The van der Waals surface area contributed by atoms with Gasteiger partial charge < -0.3 is 10.0 Å². The van der Waals surface area contributed by atoms with Crippen LogP contribution in [-0.2, 0) is 6.42 Å². The van der Waals surface area contributed by atoms with E-state index in [1.54, 1.807) is 11.3 Å². The molecule has 0 saturated carbocycles. The minimum absolute atomic E-state index is 0.342. The van der Waals surface area contributed by atoms with Crippen molar-refractivity contribution in [2.24, 2.45) is 0 Å². The van der Waals surface area contributed by atoms with Crippen LogP contribution < -0.4 is 0 Å². The van der Waals surface area contributed by atoms with E-state index in [1.807, 2.05) is 0 Å². The molecule has 1 N–H and O–H groups in total. The molecule has 2 rings (SSSR count). The lowest BCUT2D eigenvalue weighted by molar-refractivity contribution is 0.218. The van der Waals surface area contributed by atoms with Gasteiger partial charge in [-0.25, -0.2) is 0 Å². The van der Waals surface area contributed by atoms with Gasteiger partial charge in [0.05, 0.1) is 0 Å². The van der Waals surface area contributed by atoms with Crippen molar-refractivity contribution in [2.75, 3.05) is 19.7 Å². The summed E-state index contributed by atoms with van der Waals surface area (Å²) in [4.78, 5) is 2.60. The molecule has 0 spiro atoms. The van der Waals surface area contributed by atoms with Crippen LogP contribution in [-0.4, -0.2) is 35.7 Å². The molecule has 1 aromatic rings. The molecule has 1 atom stereocenters. The number of hydrogen-bond acceptors (Lipinski definition) is 3. The Hall–Kier alpha value is -0.380. The maximum atomic E-state index is 8.88. The molecule has 3 heteroatoms. The molecule has 0 bridgehead atoms. The number of aliphatic hydroxyl groups excluding tert-OH is 1. The molecule has 16 heavy (non-hydrogen) atoms. The Balaban J connectivity index is 1.75. The Morgan fingerprint density at radius 3 is 3.19 bits per heavy atom. The largest absolute Gasteiger partial charge is 0.396 e. The summed E-state index contributed by atoms with van der Waals surface area (Å²) in [5.74, 6) is 0. The Kier molecular flexibility index (Phi) is 4.82. The summed E-state index contributed by atoms with van der Waals surface area (Å²) in [7, 11) is 0. The zero-order valence-corrected chi connectivity index (χ0v) is 10.6. The highest BCUT2D eigenvalue weighted by atomic mass is 32.1. The minimum atomic E-state index is 0.342. The van der Waals surface area contributed by atoms with Crippen LogP contribution in [0.3, 0.4) is 0 Å². The van der Waals surface area contributed by atoms with Gasteiger partial charge in [-0.2, -0.15) is 11.3 Å². The van der Waals surface area contributed by atoms with E-state index >= 15 is 0 Å². The van der Waals surface area contributed by atoms with Crippen LogP contribution in [0.25, 0.3) is 0 Å². The highest BCUT2D eigenvalue weighted by molar-refractivity contribution is 7.07. The molecule has 1 unspecified atom stereocenters. The lowest BCUT2D eigenvalue weighted by Gasteiger charge is -2.23. The summed E-state index contributed by atoms with van der Waals surface area (Å²) < 4.78 is 0. The first-order chi connectivity index (χ1) is 7.90. The van der Waals surface area contributed by atoms with Gasteiger partial charge in [-0.1, -0.05) is 0 Å². The first-order valence-corrected chi connectivity index (χ1v) is 7.20. The Bertz CT molecular complexity index is 286. The summed E-state index contributed by atoms with van der Waals surface area (Å²) in [6, 6.07) is 2.95. The van der Waals surface area contributed by atoms with E-state index in [0.717, 1.165) is 12.5 Å². The average molecular weight is 239 g/mol. The monoisotopic (exact) mass is 239 g/mol. The molecule has 1 aliphatic heterocycles. The van der Waals surface area contributed by atoms with Gasteiger partial charge in [0.1, 0.15) is 0 Å². The van der Waals surface area contributed by atoms with Crippen molar-refractivity contribution < 1.29 is 5.11 Å². The van der Waals surface area contributed by atoms with Crippen molar-refractivity contribution in [3.8, 4) is 0 Å². The third kappa shape index (κ3) is 3.30. The lowest BCUT2D eigenvalue weighted by Crippen LogP contribution is -2.31. The van der Waals surface area contributed by atoms with E-state index in [9.17, 15) is 0 Å². The van der Waals surface area contributed by atoms with E-state index in [2.05, 4.69) is 21.7 Å². The number of thiophene rings is 1. The van der Waals surface area contributed by atoms with Crippen LogP contribution in [0.2, 0.25) is 0 Å². The lowest BCUT2D eigenvalue weighted by atomic mass is 10.1. The van der Waals surface area contributed by atoms with E-state index in [0.29, 0.717) is 6.61 Å². The Morgan fingerprint density at radius 1 is 1.50 bits per heavy atom. The minimum Gasteiger partial charge on any atom is -0.396 e. The summed E-state index contributed by atoms with van der Waals surface area (Å²) in [5.41, 5.74) is 1.47. The molecule has 1 fully saturated rings. The van der Waals surface area contributed by atoms with Crippen molar-refractivity contribution in [1.29, 1.82) is 0 Å². The molecule has 1 aromatic heterocycles. The van der Waals surface area contributed by atoms with E-state index in [1.165, 1.54) is 44.3 Å². The predicted octanol–water partition coefficient (Wildman–Crippen LogP) is 2.53. The van der Waals surface area contributed by atoms with Gasteiger partial charge in [0.2, 0.25) is 0 Å². The molecule has 0 amide bonds. The van der Waals surface area contributed by atoms with Crippen molar-refractivity contribution in [3.63, 3.8) is 0 Å². The first-order valence-electron chi connectivity index (χ1n) is 6.26. The van der Waals surface area contributed by atoms with Crippen LogP contribution in [0.1, 0.15) is 31.2 Å². The second-order valence-electron chi connectivity index (χ2n) is 4.58. The maximum absolute atomic E-state index is 8.88. The third-order valence-corrected chi connectivity index (χ3v) is 4.19. The topological polar surface area (TPSA) is 23.5 Å². The second kappa shape index (κ2) is 6.38. The van der Waals surface area contributed by atoms with Crippen LogP contribution >= 0.6 is 11.3 Å². The summed E-state index contributed by atoms with van der Waals surface area (Å²) in [6.45, 7) is 2.78. The Morgan fingerprint density at radius 2 is 2.44 bits per heavy atom. The van der Waals surface area contributed by atoms with Gasteiger partial charge in [0, 0.05) is 19.2 Å². The summed E-state index contributed by atoms with van der Waals surface area (Å²) in [5, 5.41) is 13.3. The predicted molar refractivity (Wildman–Crippen MR) is 68.9 cm³/mol. The fraction of sp³-hybridized carbons (Fsp3) is 0.692. The van der Waals surface area contributed by atoms with Gasteiger partial charge in [-0.05, 0) is 61.0 Å². The van der Waals surface area contributed by atoms with E-state index < -0.39 is 0 Å². The van der Waals surface area contributed by atoms with Crippen molar-refractivity contribution >= 4 is 11.3 Å². The fourth-order valence-electron chi connectivity index (χ4n) is 2.55. The molecular weight excluding hydrogens is 218 g/mol. The first kappa shape index (κ1) is 12.1. The van der Waals surface area contributed by atoms with Gasteiger partial charge in [0.25, 0.3) is 0 Å². The van der Waals surface area contributed by atoms with Crippen LogP contribution in [0.4, 0.5) is 0 Å². The van der Waals surface area contributed by atoms with Crippen molar-refractivity contribution in [2.45, 2.75) is 38.1 Å². The molecule has 1 saturated heterocycles. The Labute approximate surface area is 102 Å². The molecule has 1 aliphatic rings. The second-order valence-corrected chi connectivity index (χ2v) is 5.36. The van der Waals surface area contributed by atoms with E-state index in [-0.39, 0.29) is 0 Å². The van der Waals surface area contributed by atoms with Crippen molar-refractivity contribution in [1.82, 2.24) is 4.90 Å². The molecule has 2 nitrogen and oxygen atoms in total.